The van der Waals surface area contributed by atoms with E-state index in [4.69, 9.17) is 4.74 Å². The second-order valence-electron chi connectivity index (χ2n) is 12.3. The molecule has 8 heteroatoms. The Morgan fingerprint density at radius 3 is 2.33 bits per heavy atom. The molecule has 0 radical (unpaired) electrons. The van der Waals surface area contributed by atoms with Crippen LogP contribution in [0.2, 0.25) is 0 Å². The van der Waals surface area contributed by atoms with Crippen molar-refractivity contribution in [3.8, 4) is 0 Å². The number of aliphatic hydroxyl groups excluding tert-OH is 1. The molecule has 8 nitrogen and oxygen atoms in total. The van der Waals surface area contributed by atoms with Crippen LogP contribution in [-0.2, 0) is 25.7 Å². The predicted octanol–water partition coefficient (Wildman–Crippen LogP) is 4.19. The molecule has 1 N–H and O–H groups in total. The molecule has 3 fully saturated rings. The van der Waals surface area contributed by atoms with Crippen LogP contribution in [0.5, 0.6) is 0 Å². The van der Waals surface area contributed by atoms with Crippen molar-refractivity contribution in [2.24, 2.45) is 17.8 Å². The van der Waals surface area contributed by atoms with Crippen LogP contribution >= 0.6 is 0 Å². The lowest BCUT2D eigenvalue weighted by atomic mass is 9.64. The number of nitrogens with zero attached hydrogens (tertiary/aromatic N) is 3. The van der Waals surface area contributed by atoms with Crippen molar-refractivity contribution >= 4 is 17.7 Å². The average molecular weight is 580 g/mol. The molecule has 3 heterocycles. The summed E-state index contributed by atoms with van der Waals surface area (Å²) >= 11 is 0. The Morgan fingerprint density at radius 2 is 1.76 bits per heavy atom. The third kappa shape index (κ3) is 5.21. The van der Waals surface area contributed by atoms with Crippen molar-refractivity contribution in [1.29, 1.82) is 0 Å². The van der Waals surface area contributed by atoms with Gasteiger partial charge in [-0.15, -0.1) is 13.2 Å². The molecule has 2 bridgehead atoms. The molecular formula is C34H49N3O5. The summed E-state index contributed by atoms with van der Waals surface area (Å²) in [5.74, 6) is -2.15. The minimum atomic E-state index is -1.15. The average Bonchev–Trinajstić information content (AvgIpc) is 3.61. The molecule has 2 unspecified atom stereocenters. The summed E-state index contributed by atoms with van der Waals surface area (Å²) in [7, 11) is 0. The smallest absolute Gasteiger partial charge is 0.249 e. The standard InChI is InChI=1S/C34H49N3O5/c1-7-19-35(20-8-2)30(39)27-28-31(40)37(26(23-38)24(6)10-4)29(34(28)18-17-33(27,11-5)42-34)32(41)36(21-9-3)22-25-15-13-12-14-16-25/h7,9,12-16,24,26-29,38H,1,3,8,10-11,17-23H2,2,4-6H3/t24-,26-,27-,28-,29?,33+,34?/m0/s1. The van der Waals surface area contributed by atoms with Crippen LogP contribution < -0.4 is 0 Å². The van der Waals surface area contributed by atoms with E-state index in [9.17, 15) is 19.5 Å². The Morgan fingerprint density at radius 1 is 1.10 bits per heavy atom. The second-order valence-corrected chi connectivity index (χ2v) is 12.3. The lowest BCUT2D eigenvalue weighted by Gasteiger charge is -2.41. The number of amides is 3. The van der Waals surface area contributed by atoms with Crippen molar-refractivity contribution in [3.05, 3.63) is 61.2 Å². The predicted molar refractivity (Wildman–Crippen MR) is 163 cm³/mol. The van der Waals surface area contributed by atoms with E-state index in [2.05, 4.69) is 13.2 Å². The van der Waals surface area contributed by atoms with Crippen LogP contribution in [-0.4, -0.2) is 87.1 Å². The Hall–Kier alpha value is -2.97. The number of aliphatic hydroxyl groups is 1. The highest BCUT2D eigenvalue weighted by Crippen LogP contribution is 2.65. The Balaban J connectivity index is 1.85. The summed E-state index contributed by atoms with van der Waals surface area (Å²) in [5.41, 5.74) is -0.996. The lowest BCUT2D eigenvalue weighted by molar-refractivity contribution is -0.159. The number of likely N-dealkylation sites (tertiary alicyclic amines) is 1. The van der Waals surface area contributed by atoms with Gasteiger partial charge in [0.2, 0.25) is 17.7 Å². The van der Waals surface area contributed by atoms with E-state index in [1.54, 1.807) is 26.9 Å². The van der Waals surface area contributed by atoms with Crippen molar-refractivity contribution in [1.82, 2.24) is 14.7 Å². The van der Waals surface area contributed by atoms with Gasteiger partial charge in [-0.05, 0) is 37.2 Å². The minimum absolute atomic E-state index is 0.0599. The number of hydrogen-bond donors (Lipinski definition) is 1. The molecule has 1 spiro atoms. The second kappa shape index (κ2) is 13.1. The number of carbonyl (C=O) groups is 3. The minimum Gasteiger partial charge on any atom is -0.394 e. The van der Waals surface area contributed by atoms with E-state index in [0.717, 1.165) is 18.4 Å². The number of ether oxygens (including phenoxy) is 1. The summed E-state index contributed by atoms with van der Waals surface area (Å²) < 4.78 is 6.99. The molecule has 4 rings (SSSR count). The highest BCUT2D eigenvalue weighted by atomic mass is 16.5. The normalized spacial score (nSPS) is 29.2. The van der Waals surface area contributed by atoms with Crippen LogP contribution in [0, 0.1) is 17.8 Å². The van der Waals surface area contributed by atoms with E-state index in [1.165, 1.54) is 0 Å². The number of carbonyl (C=O) groups excluding carboxylic acids is 3. The number of benzene rings is 1. The number of rotatable bonds is 15. The topological polar surface area (TPSA) is 90.4 Å². The van der Waals surface area contributed by atoms with Crippen molar-refractivity contribution < 1.29 is 24.2 Å². The van der Waals surface area contributed by atoms with Gasteiger partial charge in [0.15, 0.2) is 0 Å². The van der Waals surface area contributed by atoms with Crippen LogP contribution in [0.3, 0.4) is 0 Å². The van der Waals surface area contributed by atoms with Gasteiger partial charge < -0.3 is 24.5 Å². The lowest BCUT2D eigenvalue weighted by Crippen LogP contribution is -2.59. The maximum Gasteiger partial charge on any atom is 0.249 e. The number of fused-ring (bicyclic) bond motifs is 1. The zero-order valence-corrected chi connectivity index (χ0v) is 25.8. The van der Waals surface area contributed by atoms with E-state index in [0.29, 0.717) is 45.4 Å². The van der Waals surface area contributed by atoms with Gasteiger partial charge in [0.1, 0.15) is 11.6 Å². The van der Waals surface area contributed by atoms with Gasteiger partial charge in [-0.1, -0.05) is 76.6 Å². The van der Waals surface area contributed by atoms with Crippen LogP contribution in [0.15, 0.2) is 55.6 Å². The van der Waals surface area contributed by atoms with Gasteiger partial charge in [0.05, 0.1) is 30.1 Å². The van der Waals surface area contributed by atoms with Crippen LogP contribution in [0.1, 0.15) is 65.4 Å². The monoisotopic (exact) mass is 579 g/mol. The first-order valence-electron chi connectivity index (χ1n) is 15.7. The maximum atomic E-state index is 14.8. The molecule has 3 saturated heterocycles. The zero-order valence-electron chi connectivity index (χ0n) is 25.8. The molecule has 230 valence electrons. The van der Waals surface area contributed by atoms with Crippen LogP contribution in [0.4, 0.5) is 0 Å². The summed E-state index contributed by atoms with van der Waals surface area (Å²) in [4.78, 5) is 48.9. The summed E-state index contributed by atoms with van der Waals surface area (Å²) in [6, 6.07) is 8.22. The van der Waals surface area contributed by atoms with E-state index in [1.807, 2.05) is 58.0 Å². The Bertz CT molecular complexity index is 1160. The quantitative estimate of drug-likeness (QED) is 0.315. The number of hydrogen-bond acceptors (Lipinski definition) is 5. The van der Waals surface area contributed by atoms with Crippen molar-refractivity contribution in [2.75, 3.05) is 26.2 Å². The molecule has 0 aliphatic carbocycles. The molecule has 1 aromatic carbocycles. The Labute approximate surface area is 251 Å². The molecule has 7 atom stereocenters. The highest BCUT2D eigenvalue weighted by Gasteiger charge is 2.79. The first kappa shape index (κ1) is 32.0. The first-order valence-corrected chi connectivity index (χ1v) is 15.7. The maximum absolute atomic E-state index is 14.8. The summed E-state index contributed by atoms with van der Waals surface area (Å²) in [6.07, 6.45) is 6.59. The third-order valence-corrected chi connectivity index (χ3v) is 10.00. The largest absolute Gasteiger partial charge is 0.394 e. The molecule has 0 saturated carbocycles. The molecule has 1 aromatic rings. The van der Waals surface area contributed by atoms with E-state index >= 15 is 0 Å². The van der Waals surface area contributed by atoms with Gasteiger partial charge in [0.25, 0.3) is 0 Å². The SMILES string of the molecule is C=CCN(Cc1ccccc1)C(=O)C1N([C@@H](CO)[C@@H](C)CC)C(=O)[C@@H]2[C@@H](C(=O)N(CC=C)CCC)[C@@]3(CC)CCC12O3. The summed E-state index contributed by atoms with van der Waals surface area (Å²) in [6.45, 7) is 17.1. The van der Waals surface area contributed by atoms with E-state index in [-0.39, 0.29) is 30.2 Å². The highest BCUT2D eigenvalue weighted by molar-refractivity contribution is 5.99. The van der Waals surface area contributed by atoms with Gasteiger partial charge in [-0.2, -0.15) is 0 Å². The van der Waals surface area contributed by atoms with Crippen molar-refractivity contribution in [2.45, 2.75) is 89.6 Å². The zero-order chi connectivity index (χ0) is 30.7. The van der Waals surface area contributed by atoms with Gasteiger partial charge >= 0.3 is 0 Å². The molecule has 3 aliphatic rings. The third-order valence-electron chi connectivity index (χ3n) is 10.00. The Kier molecular flexibility index (Phi) is 9.99. The molecule has 42 heavy (non-hydrogen) atoms. The fourth-order valence-electron chi connectivity index (χ4n) is 7.76. The van der Waals surface area contributed by atoms with Gasteiger partial charge in [-0.25, -0.2) is 0 Å². The fraction of sp³-hybridized carbons (Fsp3) is 0.618. The van der Waals surface area contributed by atoms with Crippen LogP contribution in [0.25, 0.3) is 0 Å². The van der Waals surface area contributed by atoms with Gasteiger partial charge in [-0.3, -0.25) is 14.4 Å². The van der Waals surface area contributed by atoms with Crippen molar-refractivity contribution in [3.63, 3.8) is 0 Å². The molecular weight excluding hydrogens is 530 g/mol. The van der Waals surface area contributed by atoms with E-state index < -0.39 is 35.1 Å². The molecule has 0 aromatic heterocycles. The summed E-state index contributed by atoms with van der Waals surface area (Å²) in [5, 5.41) is 10.7. The molecule has 3 aliphatic heterocycles. The first-order chi connectivity index (χ1) is 20.2. The molecule has 3 amide bonds. The van der Waals surface area contributed by atoms with Gasteiger partial charge in [0, 0.05) is 26.2 Å². The fourth-order valence-corrected chi connectivity index (χ4v) is 7.76.